The maximum atomic E-state index is 12.5. The monoisotopic (exact) mass is 443 g/mol. The third-order valence-electron chi connectivity index (χ3n) is 4.45. The molecular formula is C20H24F3N3O3S. The molecule has 0 saturated heterocycles. The lowest BCUT2D eigenvalue weighted by atomic mass is 10.1. The van der Waals surface area contributed by atoms with Gasteiger partial charge in [-0.3, -0.25) is 0 Å². The third-order valence-corrected chi connectivity index (χ3v) is 6.52. The third kappa shape index (κ3) is 6.20. The lowest BCUT2D eigenvalue weighted by Crippen LogP contribution is -2.34. The van der Waals surface area contributed by atoms with Gasteiger partial charge in [0.15, 0.2) is 0 Å². The fourth-order valence-corrected chi connectivity index (χ4v) is 4.19. The Morgan fingerprint density at radius 2 is 1.30 bits per heavy atom. The first kappa shape index (κ1) is 23.7. The van der Waals surface area contributed by atoms with Gasteiger partial charge in [0.05, 0.1) is 10.5 Å². The largest absolute Gasteiger partial charge is 0.416 e. The zero-order chi connectivity index (χ0) is 22.4. The molecule has 2 aromatic carbocycles. The van der Waals surface area contributed by atoms with Crippen LogP contribution in [0, 0.1) is 0 Å². The van der Waals surface area contributed by atoms with Crippen LogP contribution in [0.25, 0.3) is 0 Å². The van der Waals surface area contributed by atoms with E-state index in [1.165, 1.54) is 28.6 Å². The van der Waals surface area contributed by atoms with E-state index in [4.69, 9.17) is 0 Å². The van der Waals surface area contributed by atoms with Crippen molar-refractivity contribution in [3.8, 4) is 0 Å². The van der Waals surface area contributed by atoms with Crippen molar-refractivity contribution >= 4 is 16.1 Å². The molecule has 0 spiro atoms. The highest BCUT2D eigenvalue weighted by Crippen LogP contribution is 2.29. The van der Waals surface area contributed by atoms with Gasteiger partial charge >= 0.3 is 12.2 Å². The summed E-state index contributed by atoms with van der Waals surface area (Å²) in [5, 5.41) is 5.18. The molecule has 0 atom stereocenters. The molecule has 6 nitrogen and oxygen atoms in total. The number of alkyl halides is 3. The second kappa shape index (κ2) is 9.94. The molecule has 30 heavy (non-hydrogen) atoms. The first-order chi connectivity index (χ1) is 14.1. The number of benzene rings is 2. The smallest absolute Gasteiger partial charge is 0.334 e. The van der Waals surface area contributed by atoms with Crippen LogP contribution in [-0.4, -0.2) is 31.8 Å². The van der Waals surface area contributed by atoms with Gasteiger partial charge in [0.1, 0.15) is 0 Å². The lowest BCUT2D eigenvalue weighted by Gasteiger charge is -2.18. The zero-order valence-corrected chi connectivity index (χ0v) is 17.5. The fraction of sp³-hybridized carbons (Fsp3) is 0.350. The first-order valence-corrected chi connectivity index (χ1v) is 10.8. The second-order valence-electron chi connectivity index (χ2n) is 6.46. The van der Waals surface area contributed by atoms with Crippen LogP contribution in [0.2, 0.25) is 0 Å². The minimum absolute atomic E-state index is 0.0744. The summed E-state index contributed by atoms with van der Waals surface area (Å²) in [6.07, 6.45) is -4.40. The number of nitrogens with zero attached hydrogens (tertiary/aromatic N) is 1. The number of sulfonamides is 1. The van der Waals surface area contributed by atoms with Crippen molar-refractivity contribution in [3.63, 3.8) is 0 Å². The fourth-order valence-electron chi connectivity index (χ4n) is 2.73. The number of hydrogen-bond acceptors (Lipinski definition) is 3. The van der Waals surface area contributed by atoms with Gasteiger partial charge in [-0.2, -0.15) is 17.5 Å². The number of hydrogen-bond donors (Lipinski definition) is 2. The average Bonchev–Trinajstić information content (AvgIpc) is 2.71. The number of amides is 2. The van der Waals surface area contributed by atoms with Crippen LogP contribution in [0.4, 0.5) is 18.0 Å². The van der Waals surface area contributed by atoms with Gasteiger partial charge in [0, 0.05) is 26.2 Å². The normalized spacial score (nSPS) is 12.1. The zero-order valence-electron chi connectivity index (χ0n) is 16.7. The van der Waals surface area contributed by atoms with Gasteiger partial charge in [-0.1, -0.05) is 38.1 Å². The van der Waals surface area contributed by atoms with Gasteiger partial charge < -0.3 is 10.6 Å². The van der Waals surface area contributed by atoms with Gasteiger partial charge in [-0.25, -0.2) is 13.2 Å². The summed E-state index contributed by atoms with van der Waals surface area (Å²) in [6.45, 7) is 4.53. The highest BCUT2D eigenvalue weighted by molar-refractivity contribution is 7.89. The van der Waals surface area contributed by atoms with Crippen LogP contribution in [0.5, 0.6) is 0 Å². The molecule has 0 aliphatic rings. The van der Waals surface area contributed by atoms with Crippen molar-refractivity contribution in [2.75, 3.05) is 13.1 Å². The van der Waals surface area contributed by atoms with Crippen molar-refractivity contribution in [1.29, 1.82) is 0 Å². The molecule has 0 aromatic heterocycles. The second-order valence-corrected chi connectivity index (χ2v) is 8.40. The van der Waals surface area contributed by atoms with Crippen LogP contribution < -0.4 is 10.6 Å². The van der Waals surface area contributed by atoms with E-state index in [0.717, 1.165) is 12.1 Å². The minimum Gasteiger partial charge on any atom is -0.334 e. The van der Waals surface area contributed by atoms with E-state index in [1.807, 2.05) is 0 Å². The van der Waals surface area contributed by atoms with E-state index in [1.54, 1.807) is 26.0 Å². The van der Waals surface area contributed by atoms with E-state index in [2.05, 4.69) is 10.6 Å². The number of urea groups is 1. The highest BCUT2D eigenvalue weighted by atomic mass is 32.2. The maximum Gasteiger partial charge on any atom is 0.416 e. The van der Waals surface area contributed by atoms with E-state index >= 15 is 0 Å². The topological polar surface area (TPSA) is 78.5 Å². The van der Waals surface area contributed by atoms with Crippen LogP contribution in [0.15, 0.2) is 53.4 Å². The predicted octanol–water partition coefficient (Wildman–Crippen LogP) is 3.74. The Bertz CT molecular complexity index is 940. The lowest BCUT2D eigenvalue weighted by molar-refractivity contribution is -0.137. The van der Waals surface area contributed by atoms with E-state index in [0.29, 0.717) is 24.2 Å². The van der Waals surface area contributed by atoms with Gasteiger partial charge in [-0.15, -0.1) is 0 Å². The number of carbonyl (C=O) groups excluding carboxylic acids is 1. The molecule has 2 aromatic rings. The molecule has 0 unspecified atom stereocenters. The Kier molecular flexibility index (Phi) is 7.85. The molecule has 0 radical (unpaired) electrons. The molecular weight excluding hydrogens is 419 g/mol. The molecule has 0 aliphatic carbocycles. The van der Waals surface area contributed by atoms with Gasteiger partial charge in [-0.05, 0) is 35.4 Å². The molecule has 2 amide bonds. The number of nitrogens with one attached hydrogen (secondary N) is 2. The Balaban J connectivity index is 1.86. The Labute approximate surface area is 174 Å². The molecule has 10 heteroatoms. The molecule has 2 rings (SSSR count). The molecule has 164 valence electrons. The summed E-state index contributed by atoms with van der Waals surface area (Å²) >= 11 is 0. The molecule has 0 heterocycles. The Morgan fingerprint density at radius 1 is 0.867 bits per heavy atom. The average molecular weight is 443 g/mol. The van der Waals surface area contributed by atoms with E-state index < -0.39 is 27.8 Å². The van der Waals surface area contributed by atoms with Crippen molar-refractivity contribution < 1.29 is 26.4 Å². The van der Waals surface area contributed by atoms with Crippen LogP contribution in [0.1, 0.15) is 30.5 Å². The molecule has 0 aliphatic heterocycles. The molecule has 0 fully saturated rings. The highest BCUT2D eigenvalue weighted by Gasteiger charge is 2.29. The summed E-state index contributed by atoms with van der Waals surface area (Å²) in [5.41, 5.74) is 0.490. The molecule has 2 N–H and O–H groups in total. The van der Waals surface area contributed by atoms with Crippen LogP contribution in [-0.2, 0) is 29.3 Å². The first-order valence-electron chi connectivity index (χ1n) is 9.34. The van der Waals surface area contributed by atoms with Gasteiger partial charge in [0.25, 0.3) is 0 Å². The number of carbonyl (C=O) groups is 1. The van der Waals surface area contributed by atoms with Crippen LogP contribution in [0.3, 0.4) is 0 Å². The summed E-state index contributed by atoms with van der Waals surface area (Å²) < 4.78 is 63.9. The van der Waals surface area contributed by atoms with Gasteiger partial charge in [0.2, 0.25) is 10.0 Å². The Hall–Kier alpha value is -2.59. The summed E-state index contributed by atoms with van der Waals surface area (Å²) in [6, 6.07) is 10.3. The predicted molar refractivity (Wildman–Crippen MR) is 107 cm³/mol. The van der Waals surface area contributed by atoms with Crippen molar-refractivity contribution in [2.45, 2.75) is 38.0 Å². The summed E-state index contributed by atoms with van der Waals surface area (Å²) in [5.74, 6) is 0. The summed E-state index contributed by atoms with van der Waals surface area (Å²) in [4.78, 5) is 12.1. The Morgan fingerprint density at radius 3 is 1.70 bits per heavy atom. The maximum absolute atomic E-state index is 12.5. The quantitative estimate of drug-likeness (QED) is 0.653. The van der Waals surface area contributed by atoms with Crippen molar-refractivity contribution in [3.05, 3.63) is 65.2 Å². The number of halogens is 3. The van der Waals surface area contributed by atoms with Crippen LogP contribution >= 0.6 is 0 Å². The van der Waals surface area contributed by atoms with E-state index in [-0.39, 0.29) is 18.0 Å². The van der Waals surface area contributed by atoms with E-state index in [9.17, 15) is 26.4 Å². The van der Waals surface area contributed by atoms with Crippen molar-refractivity contribution in [1.82, 2.24) is 14.9 Å². The summed E-state index contributed by atoms with van der Waals surface area (Å²) in [7, 11) is -3.54. The molecule has 0 saturated carbocycles. The standard InChI is InChI=1S/C20H24F3N3O3S/c1-3-26(4-2)30(28,29)18-11-7-16(8-12-18)14-25-19(27)24-13-15-5-9-17(10-6-15)20(21,22)23/h5-12H,3-4,13-14H2,1-2H3,(H2,24,25,27). The van der Waals surface area contributed by atoms with Crippen molar-refractivity contribution in [2.24, 2.45) is 0 Å². The molecule has 0 bridgehead atoms. The number of rotatable bonds is 8. The SMILES string of the molecule is CCN(CC)S(=O)(=O)c1ccc(CNC(=O)NCc2ccc(C(F)(F)F)cc2)cc1. The minimum atomic E-state index is -4.40.